The van der Waals surface area contributed by atoms with Gasteiger partial charge in [0.1, 0.15) is 0 Å². The van der Waals surface area contributed by atoms with Crippen LogP contribution in [0.25, 0.3) is 0 Å². The van der Waals surface area contributed by atoms with E-state index >= 15 is 0 Å². The molecular weight excluding hydrogens is 246 g/mol. The molecule has 2 nitrogen and oxygen atoms in total. The van der Waals surface area contributed by atoms with Crippen molar-refractivity contribution in [2.24, 2.45) is 5.92 Å². The number of rotatable bonds is 4. The summed E-state index contributed by atoms with van der Waals surface area (Å²) in [6.45, 7) is 4.00. The van der Waals surface area contributed by atoms with Crippen molar-refractivity contribution in [2.75, 3.05) is 12.9 Å². The third-order valence-electron chi connectivity index (χ3n) is 3.90. The van der Waals surface area contributed by atoms with Crippen molar-refractivity contribution >= 4 is 17.5 Å². The third-order valence-corrected chi connectivity index (χ3v) is 4.56. The highest BCUT2D eigenvalue weighted by Gasteiger charge is 2.46. The minimum Gasteiger partial charge on any atom is -0.339 e. The second kappa shape index (κ2) is 4.93. The van der Waals surface area contributed by atoms with Crippen LogP contribution in [0.2, 0.25) is 0 Å². The Morgan fingerprint density at radius 3 is 2.56 bits per heavy atom. The number of nitrogens with zero attached hydrogens (tertiary/aromatic N) is 1. The van der Waals surface area contributed by atoms with Gasteiger partial charge in [0.15, 0.2) is 0 Å². The van der Waals surface area contributed by atoms with E-state index < -0.39 is 0 Å². The first-order chi connectivity index (χ1) is 8.47. The minimum atomic E-state index is -0.275. The summed E-state index contributed by atoms with van der Waals surface area (Å²) in [7, 11) is 1.85. The molecule has 0 aliphatic heterocycles. The normalized spacial score (nSPS) is 22.7. The molecular formula is C15H20ClNO. The molecule has 0 aromatic heterocycles. The van der Waals surface area contributed by atoms with Crippen LogP contribution in [0, 0.1) is 5.92 Å². The lowest BCUT2D eigenvalue weighted by molar-refractivity contribution is -0.135. The van der Waals surface area contributed by atoms with Crippen LogP contribution >= 0.6 is 11.6 Å². The van der Waals surface area contributed by atoms with Gasteiger partial charge >= 0.3 is 0 Å². The van der Waals surface area contributed by atoms with Gasteiger partial charge in [0.2, 0.25) is 5.91 Å². The molecule has 2 unspecified atom stereocenters. The quantitative estimate of drug-likeness (QED) is 0.765. The van der Waals surface area contributed by atoms with Crippen molar-refractivity contribution in [2.45, 2.75) is 31.7 Å². The fourth-order valence-electron chi connectivity index (χ4n) is 2.17. The average molecular weight is 266 g/mol. The number of alkyl halides is 1. The smallest absolute Gasteiger partial charge is 0.226 e. The van der Waals surface area contributed by atoms with E-state index in [1.165, 1.54) is 5.56 Å². The van der Waals surface area contributed by atoms with Crippen LogP contribution in [0.5, 0.6) is 0 Å². The molecule has 0 radical (unpaired) electrons. The van der Waals surface area contributed by atoms with E-state index in [4.69, 9.17) is 11.6 Å². The largest absolute Gasteiger partial charge is 0.339 e. The highest BCUT2D eigenvalue weighted by molar-refractivity contribution is 6.18. The van der Waals surface area contributed by atoms with Crippen molar-refractivity contribution in [3.8, 4) is 0 Å². The van der Waals surface area contributed by atoms with Crippen LogP contribution in [0.15, 0.2) is 30.3 Å². The molecule has 0 spiro atoms. The first kappa shape index (κ1) is 13.4. The molecule has 0 bridgehead atoms. The summed E-state index contributed by atoms with van der Waals surface area (Å²) in [5.41, 5.74) is 0.996. The number of carbonyl (C=O) groups is 1. The molecule has 1 aromatic carbocycles. The number of hydrogen-bond acceptors (Lipinski definition) is 1. The van der Waals surface area contributed by atoms with Gasteiger partial charge < -0.3 is 4.90 Å². The maximum Gasteiger partial charge on any atom is 0.226 e. The highest BCUT2D eigenvalue weighted by atomic mass is 35.5. The second-order valence-corrected chi connectivity index (χ2v) is 5.97. The number of benzene rings is 1. The highest BCUT2D eigenvalue weighted by Crippen LogP contribution is 2.48. The van der Waals surface area contributed by atoms with E-state index in [9.17, 15) is 4.79 Å². The number of hydrogen-bond donors (Lipinski definition) is 0. The lowest BCUT2D eigenvalue weighted by Gasteiger charge is -2.34. The van der Waals surface area contributed by atoms with Crippen molar-refractivity contribution in [1.82, 2.24) is 4.90 Å². The van der Waals surface area contributed by atoms with Crippen LogP contribution in [-0.4, -0.2) is 29.3 Å². The van der Waals surface area contributed by atoms with E-state index in [0.717, 1.165) is 6.42 Å². The fraction of sp³-hybridized carbons (Fsp3) is 0.533. The monoisotopic (exact) mass is 265 g/mol. The van der Waals surface area contributed by atoms with Crippen LogP contribution in [0.3, 0.4) is 0 Å². The standard InChI is InChI=1S/C15H20ClNO/c1-15(2,10-16)17(3)14(18)13-9-12(13)11-7-5-4-6-8-11/h4-8,12-13H,9-10H2,1-3H3. The predicted octanol–water partition coefficient (Wildman–Crippen LogP) is 3.27. The Labute approximate surface area is 114 Å². The Hall–Kier alpha value is -1.02. The maximum atomic E-state index is 12.4. The number of carbonyl (C=O) groups excluding carboxylic acids is 1. The SMILES string of the molecule is CN(C(=O)C1CC1c1ccccc1)C(C)(C)CCl. The Bertz CT molecular complexity index is 429. The molecule has 0 heterocycles. The van der Waals surface area contributed by atoms with Gasteiger partial charge in [-0.1, -0.05) is 30.3 Å². The summed E-state index contributed by atoms with van der Waals surface area (Å²) in [5, 5.41) is 0. The summed E-state index contributed by atoms with van der Waals surface area (Å²) in [6, 6.07) is 10.3. The van der Waals surface area contributed by atoms with Crippen LogP contribution < -0.4 is 0 Å². The number of amides is 1. The Kier molecular flexibility index (Phi) is 3.67. The summed E-state index contributed by atoms with van der Waals surface area (Å²) >= 11 is 5.92. The molecule has 18 heavy (non-hydrogen) atoms. The van der Waals surface area contributed by atoms with Gasteiger partial charge in [0.25, 0.3) is 0 Å². The topological polar surface area (TPSA) is 20.3 Å². The summed E-state index contributed by atoms with van der Waals surface area (Å²) in [5.74, 6) is 1.21. The molecule has 1 aliphatic rings. The zero-order valence-electron chi connectivity index (χ0n) is 11.2. The van der Waals surface area contributed by atoms with E-state index in [1.807, 2.05) is 39.1 Å². The molecule has 98 valence electrons. The molecule has 0 N–H and O–H groups in total. The zero-order chi connectivity index (χ0) is 13.3. The molecule has 1 aromatic rings. The van der Waals surface area contributed by atoms with Crippen molar-refractivity contribution < 1.29 is 4.79 Å². The Balaban J connectivity index is 2.02. The minimum absolute atomic E-state index is 0.139. The van der Waals surface area contributed by atoms with E-state index in [2.05, 4.69) is 12.1 Å². The molecule has 2 atom stereocenters. The third kappa shape index (κ3) is 2.54. The molecule has 1 saturated carbocycles. The van der Waals surface area contributed by atoms with Gasteiger partial charge in [-0.25, -0.2) is 0 Å². The molecule has 3 heteroatoms. The lowest BCUT2D eigenvalue weighted by Crippen LogP contribution is -2.47. The number of halogens is 1. The summed E-state index contributed by atoms with van der Waals surface area (Å²) < 4.78 is 0. The molecule has 2 rings (SSSR count). The van der Waals surface area contributed by atoms with Gasteiger partial charge in [-0.15, -0.1) is 11.6 Å². The molecule has 1 fully saturated rings. The molecule has 1 aliphatic carbocycles. The van der Waals surface area contributed by atoms with Gasteiger partial charge in [0.05, 0.1) is 5.54 Å². The van der Waals surface area contributed by atoms with Crippen LogP contribution in [0.1, 0.15) is 31.7 Å². The van der Waals surface area contributed by atoms with E-state index in [0.29, 0.717) is 11.8 Å². The van der Waals surface area contributed by atoms with Crippen molar-refractivity contribution in [3.05, 3.63) is 35.9 Å². The summed E-state index contributed by atoms with van der Waals surface area (Å²) in [4.78, 5) is 14.2. The first-order valence-electron chi connectivity index (χ1n) is 6.36. The predicted molar refractivity (Wildman–Crippen MR) is 74.9 cm³/mol. The Morgan fingerprint density at radius 2 is 2.00 bits per heavy atom. The lowest BCUT2D eigenvalue weighted by atomic mass is 10.0. The van der Waals surface area contributed by atoms with Crippen molar-refractivity contribution in [1.29, 1.82) is 0 Å². The second-order valence-electron chi connectivity index (χ2n) is 5.70. The maximum absolute atomic E-state index is 12.4. The zero-order valence-corrected chi connectivity index (χ0v) is 11.9. The summed E-state index contributed by atoms with van der Waals surface area (Å²) in [6.07, 6.45) is 0.964. The van der Waals surface area contributed by atoms with E-state index in [1.54, 1.807) is 4.90 Å². The average Bonchev–Trinajstić information content (AvgIpc) is 3.18. The van der Waals surface area contributed by atoms with Crippen LogP contribution in [0.4, 0.5) is 0 Å². The first-order valence-corrected chi connectivity index (χ1v) is 6.89. The van der Waals surface area contributed by atoms with Gasteiger partial charge in [-0.2, -0.15) is 0 Å². The van der Waals surface area contributed by atoms with Gasteiger partial charge in [-0.05, 0) is 31.7 Å². The molecule has 0 saturated heterocycles. The van der Waals surface area contributed by atoms with Crippen LogP contribution in [-0.2, 0) is 4.79 Å². The van der Waals surface area contributed by atoms with Crippen molar-refractivity contribution in [3.63, 3.8) is 0 Å². The van der Waals surface area contributed by atoms with Gasteiger partial charge in [-0.3, -0.25) is 4.79 Å². The van der Waals surface area contributed by atoms with E-state index in [-0.39, 0.29) is 17.4 Å². The Morgan fingerprint density at radius 1 is 1.39 bits per heavy atom. The molecule has 1 amide bonds. The van der Waals surface area contributed by atoms with Gasteiger partial charge in [0, 0.05) is 18.8 Å². The fourth-order valence-corrected chi connectivity index (χ4v) is 2.35.